The highest BCUT2D eigenvalue weighted by Gasteiger charge is 2.47. The highest BCUT2D eigenvalue weighted by molar-refractivity contribution is 6.74. The average Bonchev–Trinajstić information content (AvgIpc) is 3.79. The normalized spacial score (nSPS) is 21.0. The van der Waals surface area contributed by atoms with E-state index in [-0.39, 0.29) is 57.4 Å². The van der Waals surface area contributed by atoms with Crippen LogP contribution in [-0.2, 0) is 21.1 Å². The first-order chi connectivity index (χ1) is 23.5. The van der Waals surface area contributed by atoms with Gasteiger partial charge in [0.1, 0.15) is 5.60 Å². The zero-order valence-electron chi connectivity index (χ0n) is 32.5. The molecule has 5 rings (SSSR count). The summed E-state index contributed by atoms with van der Waals surface area (Å²) < 4.78 is 29.4. The molecule has 280 valence electrons. The molecule has 1 aliphatic heterocycles. The summed E-state index contributed by atoms with van der Waals surface area (Å²) in [7, 11) is -1.92. The lowest BCUT2D eigenvalue weighted by Gasteiger charge is -2.47. The number of ether oxygens (including phenoxy) is 1. The van der Waals surface area contributed by atoms with Gasteiger partial charge in [-0.25, -0.2) is 23.5 Å². The molecular weight excluding hydrogens is 687 g/mol. The van der Waals surface area contributed by atoms with E-state index >= 15 is 4.39 Å². The fraction of sp³-hybridized carbons (Fsp3) is 0.658. The molecule has 10 nitrogen and oxygen atoms in total. The van der Waals surface area contributed by atoms with Crippen LogP contribution >= 0.6 is 11.6 Å². The van der Waals surface area contributed by atoms with Crippen LogP contribution in [0.1, 0.15) is 111 Å². The topological polar surface area (TPSA) is 111 Å². The summed E-state index contributed by atoms with van der Waals surface area (Å²) in [5.41, 5.74) is 0.0889. The summed E-state index contributed by atoms with van der Waals surface area (Å²) in [6.45, 7) is 25.8. The Bertz CT molecular complexity index is 1870. The van der Waals surface area contributed by atoms with Crippen molar-refractivity contribution in [2.75, 3.05) is 19.7 Å². The van der Waals surface area contributed by atoms with E-state index < -0.39 is 37.1 Å². The molecule has 0 unspecified atom stereocenters. The van der Waals surface area contributed by atoms with Gasteiger partial charge in [-0.05, 0) is 107 Å². The highest BCUT2D eigenvalue weighted by Crippen LogP contribution is 2.51. The smallest absolute Gasteiger partial charge is 0.411 e. The zero-order valence-corrected chi connectivity index (χ0v) is 34.2. The standard InChI is InChI=1S/C38H56ClFN6O4Si/c1-23(2)28-29(25(14-18-41-28)13-15-38(16-17-38)22-49-51(11,12)36(7,8)9)46-32-26(19-27(40)31(39)44-32)30(43-33(46)47)37(10)21-42-24(3)20-45(37)34(48)50-35(4,5)6/h14,18-19,23-24,42H,13,15-17,20-22H2,1-12H3/t24-,37+/m0/s1. The minimum Gasteiger partial charge on any atom is -0.444 e. The summed E-state index contributed by atoms with van der Waals surface area (Å²) in [6.07, 6.45) is 4.97. The van der Waals surface area contributed by atoms with Crippen LogP contribution in [0.3, 0.4) is 0 Å². The van der Waals surface area contributed by atoms with Crippen LogP contribution in [0.5, 0.6) is 0 Å². The van der Waals surface area contributed by atoms with Gasteiger partial charge < -0.3 is 14.5 Å². The summed E-state index contributed by atoms with van der Waals surface area (Å²) >= 11 is 6.37. The minimum atomic E-state index is -1.92. The molecule has 51 heavy (non-hydrogen) atoms. The largest absolute Gasteiger partial charge is 0.444 e. The monoisotopic (exact) mass is 742 g/mol. The number of rotatable bonds is 9. The summed E-state index contributed by atoms with van der Waals surface area (Å²) in [4.78, 5) is 43.7. The summed E-state index contributed by atoms with van der Waals surface area (Å²) in [6, 6.07) is 3.15. The number of aryl methyl sites for hydroxylation is 1. The van der Waals surface area contributed by atoms with E-state index in [9.17, 15) is 9.59 Å². The molecule has 2 aliphatic rings. The number of hydrogen-bond donors (Lipinski definition) is 1. The molecule has 0 bridgehead atoms. The van der Waals surface area contributed by atoms with Gasteiger partial charge in [-0.3, -0.25) is 9.88 Å². The van der Waals surface area contributed by atoms with Crippen molar-refractivity contribution in [3.8, 4) is 5.69 Å². The van der Waals surface area contributed by atoms with Crippen LogP contribution in [0.2, 0.25) is 23.3 Å². The van der Waals surface area contributed by atoms with Crippen molar-refractivity contribution in [3.05, 3.63) is 56.7 Å². The molecule has 3 aromatic heterocycles. The first-order valence-electron chi connectivity index (χ1n) is 18.1. The first-order valence-corrected chi connectivity index (χ1v) is 21.4. The van der Waals surface area contributed by atoms with Crippen molar-refractivity contribution in [3.63, 3.8) is 0 Å². The van der Waals surface area contributed by atoms with Gasteiger partial charge in [-0.1, -0.05) is 46.2 Å². The van der Waals surface area contributed by atoms with Gasteiger partial charge in [-0.15, -0.1) is 0 Å². The van der Waals surface area contributed by atoms with Crippen LogP contribution in [0.15, 0.2) is 23.1 Å². The van der Waals surface area contributed by atoms with Crippen molar-refractivity contribution in [2.24, 2.45) is 5.41 Å². The maximum absolute atomic E-state index is 15.4. The molecule has 1 aliphatic carbocycles. The predicted octanol–water partition coefficient (Wildman–Crippen LogP) is 8.27. The number of nitrogens with one attached hydrogen (secondary N) is 1. The number of pyridine rings is 2. The number of aromatic nitrogens is 4. The second-order valence-corrected chi connectivity index (χ2v) is 22.9. The van der Waals surface area contributed by atoms with Crippen LogP contribution in [0.4, 0.5) is 9.18 Å². The van der Waals surface area contributed by atoms with Gasteiger partial charge in [0.05, 0.1) is 22.6 Å². The van der Waals surface area contributed by atoms with E-state index in [0.29, 0.717) is 17.8 Å². The van der Waals surface area contributed by atoms with Crippen molar-refractivity contribution < 1.29 is 18.3 Å². The Balaban J connectivity index is 1.65. The van der Waals surface area contributed by atoms with Crippen molar-refractivity contribution in [2.45, 2.75) is 136 Å². The molecule has 0 radical (unpaired) electrons. The maximum atomic E-state index is 15.4. The molecule has 4 heterocycles. The van der Waals surface area contributed by atoms with E-state index in [2.05, 4.69) is 49.1 Å². The third kappa shape index (κ3) is 8.04. The fourth-order valence-corrected chi connectivity index (χ4v) is 7.75. The molecule has 0 spiro atoms. The summed E-state index contributed by atoms with van der Waals surface area (Å²) in [5.74, 6) is -0.812. The second-order valence-electron chi connectivity index (χ2n) is 17.8. The quantitative estimate of drug-likeness (QED) is 0.172. The van der Waals surface area contributed by atoms with E-state index in [1.54, 1.807) is 31.9 Å². The lowest BCUT2D eigenvalue weighted by Crippen LogP contribution is -2.63. The number of nitrogens with zero attached hydrogens (tertiary/aromatic N) is 5. The van der Waals surface area contributed by atoms with E-state index in [4.69, 9.17) is 25.7 Å². The van der Waals surface area contributed by atoms with Crippen LogP contribution in [0, 0.1) is 11.2 Å². The number of carbonyl (C=O) groups is 1. The molecular formula is C38H56ClFN6O4Si. The molecule has 3 aromatic rings. The number of halogens is 2. The van der Waals surface area contributed by atoms with E-state index in [1.165, 1.54) is 10.6 Å². The van der Waals surface area contributed by atoms with Gasteiger partial charge in [0.25, 0.3) is 0 Å². The minimum absolute atomic E-state index is 0.0569. The van der Waals surface area contributed by atoms with Gasteiger partial charge in [0.2, 0.25) is 0 Å². The lowest BCUT2D eigenvalue weighted by molar-refractivity contribution is -0.0148. The molecule has 2 fully saturated rings. The molecule has 1 saturated carbocycles. The van der Waals surface area contributed by atoms with E-state index in [0.717, 1.165) is 31.4 Å². The van der Waals surface area contributed by atoms with E-state index in [1.807, 2.05) is 33.8 Å². The molecule has 2 atom stereocenters. The Kier molecular flexibility index (Phi) is 10.6. The van der Waals surface area contributed by atoms with Crippen LogP contribution < -0.4 is 11.0 Å². The van der Waals surface area contributed by atoms with Crippen molar-refractivity contribution >= 4 is 37.0 Å². The van der Waals surface area contributed by atoms with Gasteiger partial charge in [0, 0.05) is 37.3 Å². The molecule has 1 N–H and O–H groups in total. The number of fused-ring (bicyclic) bond motifs is 1. The summed E-state index contributed by atoms with van der Waals surface area (Å²) in [5, 5.41) is 3.44. The number of carbonyl (C=O) groups excluding carboxylic acids is 1. The second kappa shape index (κ2) is 13.8. The first kappa shape index (κ1) is 39.3. The molecule has 0 aromatic carbocycles. The Morgan fingerprint density at radius 2 is 1.84 bits per heavy atom. The lowest BCUT2D eigenvalue weighted by atomic mass is 9.89. The SMILES string of the molecule is CC(C)c1nccc(CCC2(CO[Si](C)(C)C(C)(C)C)CC2)c1-n1c(=O)nc([C@@]2(C)CN[C@@H](C)CN2C(=O)OC(C)(C)C)c2cc(F)c(Cl)nc21. The molecule has 1 amide bonds. The van der Waals surface area contributed by atoms with Crippen molar-refractivity contribution in [1.29, 1.82) is 0 Å². The third-order valence-corrected chi connectivity index (χ3v) is 15.7. The fourth-order valence-electron chi connectivity index (χ4n) is 6.51. The van der Waals surface area contributed by atoms with Gasteiger partial charge in [0.15, 0.2) is 24.9 Å². The Hall–Kier alpha value is -2.93. The molecule has 1 saturated heterocycles. The third-order valence-electron chi connectivity index (χ3n) is 11.0. The van der Waals surface area contributed by atoms with Gasteiger partial charge >= 0.3 is 11.8 Å². The maximum Gasteiger partial charge on any atom is 0.411 e. The highest BCUT2D eigenvalue weighted by atomic mass is 35.5. The van der Waals surface area contributed by atoms with Crippen LogP contribution in [-0.4, -0.2) is 70.2 Å². The molecule has 13 heteroatoms. The number of amides is 1. The Labute approximate surface area is 308 Å². The predicted molar refractivity (Wildman–Crippen MR) is 203 cm³/mol. The zero-order chi connectivity index (χ0) is 37.9. The van der Waals surface area contributed by atoms with Crippen LogP contribution in [0.25, 0.3) is 16.7 Å². The number of hydrogen-bond acceptors (Lipinski definition) is 8. The van der Waals surface area contributed by atoms with Crippen molar-refractivity contribution in [1.82, 2.24) is 29.7 Å². The average molecular weight is 743 g/mol. The Morgan fingerprint density at radius 1 is 1.18 bits per heavy atom. The van der Waals surface area contributed by atoms with Gasteiger partial charge in [-0.2, -0.15) is 4.98 Å². The number of piperazine rings is 1. The Morgan fingerprint density at radius 3 is 2.43 bits per heavy atom.